The van der Waals surface area contributed by atoms with E-state index in [9.17, 15) is 9.59 Å². The lowest BCUT2D eigenvalue weighted by Crippen LogP contribution is -2.31. The van der Waals surface area contributed by atoms with Crippen LogP contribution in [0.25, 0.3) is 11.1 Å². The Hall–Kier alpha value is -2.80. The minimum Gasteiger partial charge on any atom is -0.455 e. The molecule has 0 aliphatic heterocycles. The van der Waals surface area contributed by atoms with Gasteiger partial charge in [-0.1, -0.05) is 42.1 Å². The van der Waals surface area contributed by atoms with Crippen LogP contribution in [0.2, 0.25) is 0 Å². The highest BCUT2D eigenvalue weighted by atomic mass is 32.2. The van der Waals surface area contributed by atoms with Gasteiger partial charge in [-0.05, 0) is 49.6 Å². The molecule has 0 bridgehead atoms. The molecule has 146 valence electrons. The molecule has 0 spiro atoms. The molecule has 0 aliphatic carbocycles. The van der Waals surface area contributed by atoms with Crippen molar-refractivity contribution in [3.63, 3.8) is 0 Å². The molecule has 28 heavy (non-hydrogen) atoms. The highest BCUT2D eigenvalue weighted by Gasteiger charge is 2.14. The third kappa shape index (κ3) is 5.13. The Balaban J connectivity index is 1.43. The summed E-state index contributed by atoms with van der Waals surface area (Å²) in [5.41, 5.74) is 4.78. The van der Waals surface area contributed by atoms with Gasteiger partial charge in [0.2, 0.25) is 0 Å². The van der Waals surface area contributed by atoms with Gasteiger partial charge in [-0.3, -0.25) is 9.59 Å². The van der Waals surface area contributed by atoms with Crippen molar-refractivity contribution < 1.29 is 18.7 Å². The Morgan fingerprint density at radius 3 is 2.71 bits per heavy atom. The van der Waals surface area contributed by atoms with Crippen LogP contribution in [0.15, 0.2) is 52.1 Å². The van der Waals surface area contributed by atoms with Crippen molar-refractivity contribution >= 4 is 34.7 Å². The van der Waals surface area contributed by atoms with Crippen molar-refractivity contribution in [2.75, 3.05) is 12.4 Å². The fourth-order valence-corrected chi connectivity index (χ4v) is 3.26. The predicted molar refractivity (Wildman–Crippen MR) is 108 cm³/mol. The number of thioether (sulfide) groups is 1. The summed E-state index contributed by atoms with van der Waals surface area (Å²) < 4.78 is 10.6. The number of hydrogen-bond donors (Lipinski definition) is 1. The predicted octanol–water partition coefficient (Wildman–Crippen LogP) is 3.96. The van der Waals surface area contributed by atoms with E-state index >= 15 is 0 Å². The first-order chi connectivity index (χ1) is 13.4. The van der Waals surface area contributed by atoms with Gasteiger partial charge >= 0.3 is 5.97 Å². The number of benzene rings is 2. The molecule has 0 radical (unpaired) electrons. The third-order valence-electron chi connectivity index (χ3n) is 4.36. The number of rotatable bonds is 7. The molecule has 1 aromatic heterocycles. The molecule has 0 aliphatic rings. The van der Waals surface area contributed by atoms with Gasteiger partial charge in [0, 0.05) is 0 Å². The summed E-state index contributed by atoms with van der Waals surface area (Å²) in [4.78, 5) is 28.2. The Morgan fingerprint density at radius 1 is 1.18 bits per heavy atom. The number of oxazole rings is 1. The van der Waals surface area contributed by atoms with Crippen LogP contribution < -0.4 is 5.32 Å². The number of ether oxygens (including phenoxy) is 1. The van der Waals surface area contributed by atoms with E-state index in [0.717, 1.165) is 22.8 Å². The van der Waals surface area contributed by atoms with Gasteiger partial charge in [-0.15, -0.1) is 0 Å². The molecular formula is C21H22N2O4S. The second-order valence-corrected chi connectivity index (χ2v) is 7.46. The first kappa shape index (κ1) is 19.9. The van der Waals surface area contributed by atoms with E-state index < -0.39 is 5.97 Å². The summed E-state index contributed by atoms with van der Waals surface area (Å²) in [6.45, 7) is 5.65. The molecule has 6 nitrogen and oxygen atoms in total. The molecule has 1 heterocycles. The lowest BCUT2D eigenvalue weighted by molar-refractivity contribution is -0.146. The second kappa shape index (κ2) is 8.93. The molecular weight excluding hydrogens is 376 g/mol. The van der Waals surface area contributed by atoms with Crippen molar-refractivity contribution in [1.29, 1.82) is 0 Å². The minimum atomic E-state index is -0.499. The number of nitrogens with one attached hydrogen (secondary N) is 1. The van der Waals surface area contributed by atoms with E-state index in [2.05, 4.69) is 10.3 Å². The normalized spacial score (nSPS) is 12.0. The lowest BCUT2D eigenvalue weighted by atomic mass is 10.0. The van der Waals surface area contributed by atoms with Gasteiger partial charge < -0.3 is 14.5 Å². The summed E-state index contributed by atoms with van der Waals surface area (Å²) in [6.07, 6.45) is 0. The molecule has 0 unspecified atom stereocenters. The summed E-state index contributed by atoms with van der Waals surface area (Å²) in [5, 5.41) is 3.23. The van der Waals surface area contributed by atoms with Crippen LogP contribution in [0.4, 0.5) is 0 Å². The Labute approximate surface area is 167 Å². The fourth-order valence-electron chi connectivity index (χ4n) is 2.62. The van der Waals surface area contributed by atoms with Crippen LogP contribution in [0, 0.1) is 13.8 Å². The van der Waals surface area contributed by atoms with E-state index in [1.165, 1.54) is 11.1 Å². The average molecular weight is 398 g/mol. The van der Waals surface area contributed by atoms with E-state index in [4.69, 9.17) is 9.15 Å². The Morgan fingerprint density at radius 2 is 1.96 bits per heavy atom. The van der Waals surface area contributed by atoms with Crippen LogP contribution in [-0.4, -0.2) is 29.2 Å². The van der Waals surface area contributed by atoms with E-state index in [1.807, 2.05) is 63.2 Å². The van der Waals surface area contributed by atoms with Crippen molar-refractivity contribution in [1.82, 2.24) is 10.3 Å². The molecule has 1 N–H and O–H groups in total. The van der Waals surface area contributed by atoms with Gasteiger partial charge in [0.1, 0.15) is 11.3 Å². The summed E-state index contributed by atoms with van der Waals surface area (Å²) in [5.74, 6) is -0.820. The van der Waals surface area contributed by atoms with Crippen LogP contribution in [0.1, 0.15) is 29.7 Å². The van der Waals surface area contributed by atoms with Crippen molar-refractivity contribution in [3.8, 4) is 0 Å². The Bertz CT molecular complexity index is 966. The monoisotopic (exact) mass is 398 g/mol. The van der Waals surface area contributed by atoms with Gasteiger partial charge in [-0.2, -0.15) is 0 Å². The average Bonchev–Trinajstić information content (AvgIpc) is 3.09. The molecule has 1 atom stereocenters. The van der Waals surface area contributed by atoms with Crippen LogP contribution in [0.3, 0.4) is 0 Å². The molecule has 3 aromatic rings. The number of hydrogen-bond acceptors (Lipinski definition) is 6. The van der Waals surface area contributed by atoms with Gasteiger partial charge in [0.25, 0.3) is 11.1 Å². The quantitative estimate of drug-likeness (QED) is 0.479. The number of carbonyl (C=O) groups is 2. The number of para-hydroxylation sites is 2. The van der Waals surface area contributed by atoms with Gasteiger partial charge in [0.05, 0.1) is 6.04 Å². The zero-order valence-electron chi connectivity index (χ0n) is 16.0. The topological polar surface area (TPSA) is 81.4 Å². The number of fused-ring (bicyclic) bond motifs is 1. The number of aromatic nitrogens is 1. The van der Waals surface area contributed by atoms with Crippen LogP contribution in [0.5, 0.6) is 0 Å². The maximum atomic E-state index is 12.0. The number of amides is 1. The number of aryl methyl sites for hydroxylation is 2. The number of nitrogens with zero attached hydrogens (tertiary/aromatic N) is 1. The zero-order valence-corrected chi connectivity index (χ0v) is 16.8. The molecule has 2 aromatic carbocycles. The maximum Gasteiger partial charge on any atom is 0.316 e. The van der Waals surface area contributed by atoms with E-state index in [-0.39, 0.29) is 24.3 Å². The number of esters is 1. The Kier molecular flexibility index (Phi) is 6.36. The molecule has 1 amide bonds. The SMILES string of the molecule is Cc1ccc([C@@H](C)NC(=O)COC(=O)CSc2nc3ccccc3o2)cc1C. The maximum absolute atomic E-state index is 12.0. The highest BCUT2D eigenvalue weighted by molar-refractivity contribution is 7.99. The van der Waals surface area contributed by atoms with Gasteiger partial charge in [0.15, 0.2) is 12.2 Å². The highest BCUT2D eigenvalue weighted by Crippen LogP contribution is 2.23. The molecule has 0 saturated heterocycles. The van der Waals surface area contributed by atoms with Crippen molar-refractivity contribution in [2.45, 2.75) is 32.0 Å². The summed E-state index contributed by atoms with van der Waals surface area (Å²) in [6, 6.07) is 13.3. The summed E-state index contributed by atoms with van der Waals surface area (Å²) >= 11 is 1.14. The number of carbonyl (C=O) groups excluding carboxylic acids is 2. The molecule has 0 fully saturated rings. The molecule has 0 saturated carbocycles. The fraction of sp³-hybridized carbons (Fsp3) is 0.286. The van der Waals surface area contributed by atoms with E-state index in [1.54, 1.807) is 0 Å². The minimum absolute atomic E-state index is 0.0206. The molecule has 3 rings (SSSR count). The third-order valence-corrected chi connectivity index (χ3v) is 5.16. The van der Waals surface area contributed by atoms with Gasteiger partial charge in [-0.25, -0.2) is 4.98 Å². The van der Waals surface area contributed by atoms with E-state index in [0.29, 0.717) is 10.8 Å². The second-order valence-electron chi connectivity index (χ2n) is 6.53. The first-order valence-electron chi connectivity index (χ1n) is 8.93. The summed E-state index contributed by atoms with van der Waals surface area (Å²) in [7, 11) is 0. The van der Waals surface area contributed by atoms with Crippen molar-refractivity contribution in [3.05, 3.63) is 59.2 Å². The van der Waals surface area contributed by atoms with Crippen LogP contribution in [-0.2, 0) is 14.3 Å². The largest absolute Gasteiger partial charge is 0.455 e. The standard InChI is InChI=1S/C21H22N2O4S/c1-13-8-9-16(10-14(13)2)15(3)22-19(24)11-26-20(25)12-28-21-23-17-6-4-5-7-18(17)27-21/h4-10,15H,11-12H2,1-3H3,(H,22,24)/t15-/m1/s1. The van der Waals surface area contributed by atoms with Crippen LogP contribution >= 0.6 is 11.8 Å². The molecule has 7 heteroatoms. The van der Waals surface area contributed by atoms with Crippen molar-refractivity contribution in [2.24, 2.45) is 0 Å². The first-order valence-corrected chi connectivity index (χ1v) is 9.91. The zero-order chi connectivity index (χ0) is 20.1. The smallest absolute Gasteiger partial charge is 0.316 e. The lowest BCUT2D eigenvalue weighted by Gasteiger charge is -2.15.